The molecule has 0 heterocycles. The molecule has 0 saturated carbocycles. The van der Waals surface area contributed by atoms with Gasteiger partial charge in [0, 0.05) is 16.7 Å². The largest absolute Gasteiger partial charge is 0.598 e. The number of hydrogen-bond donors (Lipinski definition) is 2. The van der Waals surface area contributed by atoms with E-state index in [-0.39, 0.29) is 6.04 Å². The number of phenolic OH excluding ortho intramolecular Hbond substituents is 1. The Bertz CT molecular complexity index is 590. The molecule has 2 N–H and O–H groups in total. The zero-order valence-electron chi connectivity index (χ0n) is 15.4. The van der Waals surface area contributed by atoms with E-state index in [1.807, 2.05) is 20.8 Å². The van der Waals surface area contributed by atoms with Crippen LogP contribution in [-0.4, -0.2) is 45.4 Å². The lowest BCUT2D eigenvalue weighted by molar-refractivity contribution is -0.275. The van der Waals surface area contributed by atoms with Gasteiger partial charge in [-0.2, -0.15) is 0 Å². The maximum atomic E-state index is 12.5. The molecule has 10 heteroatoms. The van der Waals surface area contributed by atoms with E-state index >= 15 is 0 Å². The number of nitrogens with one attached hydrogen (secondary N) is 1. The van der Waals surface area contributed by atoms with Gasteiger partial charge < -0.3 is 19.1 Å². The van der Waals surface area contributed by atoms with Crippen molar-refractivity contribution in [1.29, 1.82) is 0 Å². The fraction of sp³-hybridized carbons (Fsp3) is 0.647. The minimum absolute atomic E-state index is 0.137. The molecule has 1 aromatic carbocycles. The smallest absolute Gasteiger partial charge is 0.573 e. The first kappa shape index (κ1) is 24.4. The van der Waals surface area contributed by atoms with Crippen LogP contribution in [0, 0.1) is 0 Å². The molecule has 0 aromatic heterocycles. The maximum absolute atomic E-state index is 12.5. The Morgan fingerprint density at radius 1 is 1.33 bits per heavy atom. The third-order valence-corrected chi connectivity index (χ3v) is 5.66. The van der Waals surface area contributed by atoms with Gasteiger partial charge in [0.15, 0.2) is 16.2 Å². The minimum atomic E-state index is -4.87. The van der Waals surface area contributed by atoms with Crippen molar-refractivity contribution in [2.45, 2.75) is 50.8 Å². The van der Waals surface area contributed by atoms with Gasteiger partial charge in [-0.25, -0.2) is 0 Å². The van der Waals surface area contributed by atoms with Crippen LogP contribution < -0.4 is 9.46 Å². The molecule has 5 nitrogen and oxygen atoms in total. The first-order valence-electron chi connectivity index (χ1n) is 8.34. The van der Waals surface area contributed by atoms with Gasteiger partial charge in [-0.1, -0.05) is 22.0 Å². The second kappa shape index (κ2) is 10.8. The lowest BCUT2D eigenvalue weighted by Gasteiger charge is -2.29. The van der Waals surface area contributed by atoms with E-state index in [9.17, 15) is 22.8 Å². The summed E-state index contributed by atoms with van der Waals surface area (Å²) < 4.78 is 61.2. The molecule has 156 valence electrons. The first-order chi connectivity index (χ1) is 12.4. The third kappa shape index (κ3) is 9.38. The number of rotatable bonds is 11. The maximum Gasteiger partial charge on any atom is 0.573 e. The minimum Gasteiger partial charge on any atom is -0.598 e. The fourth-order valence-electron chi connectivity index (χ4n) is 2.13. The number of alkyl halides is 4. The topological polar surface area (TPSA) is 73.8 Å². The molecule has 2 atom stereocenters. The van der Waals surface area contributed by atoms with Gasteiger partial charge in [0.05, 0.1) is 19.3 Å². The summed E-state index contributed by atoms with van der Waals surface area (Å²) in [5.74, 6) is -1.21. The average molecular weight is 476 g/mol. The molecule has 0 radical (unpaired) electrons. The molecule has 1 unspecified atom stereocenters. The first-order valence-corrected chi connectivity index (χ1v) is 10.6. The van der Waals surface area contributed by atoms with Gasteiger partial charge in [-0.05, 0) is 51.3 Å². The normalized spacial score (nSPS) is 14.8. The summed E-state index contributed by atoms with van der Waals surface area (Å²) in [5, 5.41) is 10.2. The van der Waals surface area contributed by atoms with Gasteiger partial charge >= 0.3 is 6.36 Å². The van der Waals surface area contributed by atoms with Crippen LogP contribution >= 0.6 is 15.9 Å². The number of hydrogen-bond acceptors (Lipinski definition) is 5. The Morgan fingerprint density at radius 2 is 2.00 bits per heavy atom. The molecular weight excluding hydrogens is 451 g/mol. The monoisotopic (exact) mass is 475 g/mol. The third-order valence-electron chi connectivity index (χ3n) is 3.60. The number of phenols is 1. The highest BCUT2D eigenvalue weighted by molar-refractivity contribution is 9.09. The van der Waals surface area contributed by atoms with Crippen LogP contribution in [0.25, 0.3) is 0 Å². The lowest BCUT2D eigenvalue weighted by Crippen LogP contribution is -2.48. The zero-order chi connectivity index (χ0) is 20.7. The van der Waals surface area contributed by atoms with Crippen LogP contribution in [0.5, 0.6) is 11.5 Å². The molecule has 0 spiro atoms. The number of halogens is 4. The molecule has 27 heavy (non-hydrogen) atoms. The van der Waals surface area contributed by atoms with Crippen LogP contribution in [-0.2, 0) is 22.5 Å². The second-order valence-electron chi connectivity index (χ2n) is 6.68. The van der Waals surface area contributed by atoms with Crippen molar-refractivity contribution in [3.8, 4) is 11.5 Å². The highest BCUT2D eigenvalue weighted by Crippen LogP contribution is 2.32. The van der Waals surface area contributed by atoms with Gasteiger partial charge in [-0.3, -0.25) is 0 Å². The number of aryl methyl sites for hydroxylation is 1. The van der Waals surface area contributed by atoms with Gasteiger partial charge in [0.25, 0.3) is 0 Å². The fourth-order valence-corrected chi connectivity index (χ4v) is 3.35. The zero-order valence-corrected chi connectivity index (χ0v) is 17.8. The molecular formula is C17H25BrF3NO4S. The van der Waals surface area contributed by atoms with Crippen molar-refractivity contribution in [2.24, 2.45) is 0 Å². The van der Waals surface area contributed by atoms with Crippen molar-refractivity contribution in [2.75, 3.05) is 18.5 Å². The molecule has 0 bridgehead atoms. The van der Waals surface area contributed by atoms with Crippen molar-refractivity contribution in [1.82, 2.24) is 4.72 Å². The van der Waals surface area contributed by atoms with Crippen LogP contribution in [0.2, 0.25) is 0 Å². The van der Waals surface area contributed by atoms with Crippen LogP contribution in [0.3, 0.4) is 0 Å². The van der Waals surface area contributed by atoms with Crippen molar-refractivity contribution in [3.63, 3.8) is 0 Å². The highest BCUT2D eigenvalue weighted by atomic mass is 79.9. The molecule has 0 aliphatic heterocycles. The molecule has 1 rings (SSSR count). The van der Waals surface area contributed by atoms with E-state index in [0.29, 0.717) is 36.9 Å². The number of aromatic hydroxyl groups is 1. The molecule has 0 fully saturated rings. The summed E-state index contributed by atoms with van der Waals surface area (Å²) in [6.45, 7) is 6.37. The summed E-state index contributed by atoms with van der Waals surface area (Å²) in [6.07, 6.45) is -3.90. The number of ether oxygens (including phenoxy) is 2. The predicted octanol–water partition coefficient (Wildman–Crippen LogP) is 4.06. The van der Waals surface area contributed by atoms with Crippen molar-refractivity contribution in [3.05, 3.63) is 23.8 Å². The Hall–Kier alpha value is -0.680. The lowest BCUT2D eigenvalue weighted by atomic mass is 10.1. The number of benzene rings is 1. The Labute approximate surface area is 169 Å². The van der Waals surface area contributed by atoms with Crippen LogP contribution in [0.1, 0.15) is 32.8 Å². The quantitative estimate of drug-likeness (QED) is 0.287. The summed E-state index contributed by atoms with van der Waals surface area (Å²) in [6, 6.07) is 3.71. The van der Waals surface area contributed by atoms with Gasteiger partial charge in [-0.15, -0.1) is 17.9 Å². The average Bonchev–Trinajstić information content (AvgIpc) is 2.54. The molecule has 0 amide bonds. The van der Waals surface area contributed by atoms with Gasteiger partial charge in [0.1, 0.15) is 0 Å². The summed E-state index contributed by atoms with van der Waals surface area (Å²) in [5.41, 5.74) is 0.575. The Kier molecular flexibility index (Phi) is 9.70. The standard InChI is InChI=1S/C17H25BrF3NO4S/c1-12(22-27(24)16(2,3)11-25-9-8-18)4-5-13-6-7-14(23)15(10-13)26-17(19,20)21/h6-7,10,12,22-23H,4-5,8-9,11H2,1-3H3/t12-,27?/m1/s1. The Balaban J connectivity index is 2.56. The van der Waals surface area contributed by atoms with Gasteiger partial charge in [0.2, 0.25) is 0 Å². The van der Waals surface area contributed by atoms with Crippen molar-refractivity contribution >= 4 is 27.3 Å². The predicted molar refractivity (Wildman–Crippen MR) is 103 cm³/mol. The van der Waals surface area contributed by atoms with Crippen LogP contribution in [0.15, 0.2) is 18.2 Å². The summed E-state index contributed by atoms with van der Waals surface area (Å²) in [7, 11) is 0. The van der Waals surface area contributed by atoms with E-state index in [2.05, 4.69) is 25.4 Å². The molecule has 0 aliphatic rings. The van der Waals surface area contributed by atoms with Crippen LogP contribution in [0.4, 0.5) is 13.2 Å². The second-order valence-corrected chi connectivity index (χ2v) is 9.35. The van der Waals surface area contributed by atoms with E-state index in [1.165, 1.54) is 6.07 Å². The molecule has 0 aliphatic carbocycles. The SMILES string of the molecule is C[C@H](CCc1ccc(O)c(OC(F)(F)F)c1)N[S+]([O-])C(C)(C)COCCBr. The molecule has 1 aromatic rings. The van der Waals surface area contributed by atoms with E-state index in [1.54, 1.807) is 0 Å². The summed E-state index contributed by atoms with van der Waals surface area (Å²) >= 11 is 1.91. The van der Waals surface area contributed by atoms with E-state index < -0.39 is 34.0 Å². The Morgan fingerprint density at radius 3 is 2.59 bits per heavy atom. The van der Waals surface area contributed by atoms with E-state index in [0.717, 1.165) is 12.1 Å². The van der Waals surface area contributed by atoms with E-state index in [4.69, 9.17) is 4.74 Å². The van der Waals surface area contributed by atoms with Crippen molar-refractivity contribution < 1.29 is 32.3 Å². The molecule has 0 saturated heterocycles. The summed E-state index contributed by atoms with van der Waals surface area (Å²) in [4.78, 5) is 0. The highest BCUT2D eigenvalue weighted by Gasteiger charge is 2.34.